The van der Waals surface area contributed by atoms with E-state index in [1.54, 1.807) is 0 Å². The first-order chi connectivity index (χ1) is 8.69. The predicted octanol–water partition coefficient (Wildman–Crippen LogP) is 2.12. The van der Waals surface area contributed by atoms with Crippen molar-refractivity contribution in [1.29, 1.82) is 0 Å². The zero-order valence-corrected chi connectivity index (χ0v) is 12.3. The van der Waals surface area contributed by atoms with E-state index in [9.17, 15) is 0 Å². The van der Waals surface area contributed by atoms with Gasteiger partial charge in [-0.15, -0.1) is 0 Å². The van der Waals surface area contributed by atoms with Crippen LogP contribution >= 0.6 is 0 Å². The second-order valence-corrected chi connectivity index (χ2v) is 6.29. The van der Waals surface area contributed by atoms with Crippen LogP contribution in [0.3, 0.4) is 0 Å². The minimum Gasteiger partial charge on any atom is -0.378 e. The third kappa shape index (κ3) is 3.94. The molecular formula is C15H30N2O. The molecule has 3 nitrogen and oxygen atoms in total. The van der Waals surface area contributed by atoms with Gasteiger partial charge < -0.3 is 15.0 Å². The third-order valence-electron chi connectivity index (χ3n) is 4.64. The van der Waals surface area contributed by atoms with Gasteiger partial charge in [-0.05, 0) is 51.1 Å². The van der Waals surface area contributed by atoms with Gasteiger partial charge in [-0.1, -0.05) is 13.8 Å². The summed E-state index contributed by atoms with van der Waals surface area (Å²) in [6, 6.07) is 0.715. The molecule has 4 atom stereocenters. The molecule has 0 aliphatic carbocycles. The summed E-state index contributed by atoms with van der Waals surface area (Å²) in [5.74, 6) is 1.52. The van der Waals surface area contributed by atoms with E-state index in [2.05, 4.69) is 31.0 Å². The summed E-state index contributed by atoms with van der Waals surface area (Å²) in [6.07, 6.45) is 4.27. The Morgan fingerprint density at radius 3 is 2.78 bits per heavy atom. The maximum atomic E-state index is 5.69. The van der Waals surface area contributed by atoms with Crippen LogP contribution in [0.2, 0.25) is 0 Å². The van der Waals surface area contributed by atoms with Gasteiger partial charge in [0.05, 0.1) is 6.10 Å². The summed E-state index contributed by atoms with van der Waals surface area (Å²) >= 11 is 0. The van der Waals surface area contributed by atoms with Crippen LogP contribution in [0, 0.1) is 11.8 Å². The molecule has 0 bridgehead atoms. The Morgan fingerprint density at radius 2 is 2.11 bits per heavy atom. The van der Waals surface area contributed by atoms with Gasteiger partial charge in [0.2, 0.25) is 0 Å². The van der Waals surface area contributed by atoms with Gasteiger partial charge in [0.1, 0.15) is 0 Å². The van der Waals surface area contributed by atoms with E-state index in [-0.39, 0.29) is 0 Å². The molecule has 4 unspecified atom stereocenters. The normalized spacial score (nSPS) is 39.5. The van der Waals surface area contributed by atoms with Gasteiger partial charge in [-0.2, -0.15) is 0 Å². The van der Waals surface area contributed by atoms with Crippen molar-refractivity contribution in [3.8, 4) is 0 Å². The van der Waals surface area contributed by atoms with Gasteiger partial charge in [-0.25, -0.2) is 0 Å². The molecule has 3 heteroatoms. The minimum absolute atomic E-state index is 0.464. The van der Waals surface area contributed by atoms with Gasteiger partial charge in [0.25, 0.3) is 0 Å². The van der Waals surface area contributed by atoms with Gasteiger partial charge in [0.15, 0.2) is 0 Å². The molecule has 2 heterocycles. The lowest BCUT2D eigenvalue weighted by atomic mass is 9.99. The number of nitrogens with zero attached hydrogens (tertiary/aromatic N) is 1. The lowest BCUT2D eigenvalue weighted by molar-refractivity contribution is 0.0867. The molecule has 1 N–H and O–H groups in total. The average Bonchev–Trinajstić information content (AvgIpc) is 2.72. The zero-order chi connectivity index (χ0) is 13.0. The molecular weight excluding hydrogens is 224 g/mol. The maximum Gasteiger partial charge on any atom is 0.0588 e. The van der Waals surface area contributed by atoms with E-state index in [1.165, 1.54) is 45.4 Å². The highest BCUT2D eigenvalue weighted by molar-refractivity contribution is 4.80. The summed E-state index contributed by atoms with van der Waals surface area (Å²) in [5.41, 5.74) is 0. The van der Waals surface area contributed by atoms with Crippen LogP contribution in [-0.2, 0) is 4.74 Å². The van der Waals surface area contributed by atoms with E-state index in [4.69, 9.17) is 4.74 Å². The zero-order valence-electron chi connectivity index (χ0n) is 12.3. The van der Waals surface area contributed by atoms with E-state index >= 15 is 0 Å². The molecule has 0 aromatic heterocycles. The van der Waals surface area contributed by atoms with Gasteiger partial charge in [0, 0.05) is 25.7 Å². The van der Waals surface area contributed by atoms with Crippen molar-refractivity contribution in [1.82, 2.24) is 10.2 Å². The van der Waals surface area contributed by atoms with Gasteiger partial charge >= 0.3 is 0 Å². The van der Waals surface area contributed by atoms with Crippen LogP contribution < -0.4 is 5.32 Å². The standard InChI is InChI=1S/C15H30N2O/c1-4-15-5-7-17(10-12(2)9-16-15)11-14-6-8-18-13(14)3/h12-16H,4-11H2,1-3H3. The second kappa shape index (κ2) is 6.88. The van der Waals surface area contributed by atoms with Crippen LogP contribution in [0.25, 0.3) is 0 Å². The Kier molecular flexibility index (Phi) is 5.46. The Bertz CT molecular complexity index is 247. The van der Waals surface area contributed by atoms with Crippen molar-refractivity contribution in [3.05, 3.63) is 0 Å². The highest BCUT2D eigenvalue weighted by atomic mass is 16.5. The number of rotatable bonds is 3. The largest absolute Gasteiger partial charge is 0.378 e. The number of ether oxygens (including phenoxy) is 1. The molecule has 2 aliphatic heterocycles. The van der Waals surface area contributed by atoms with Crippen molar-refractivity contribution < 1.29 is 4.74 Å². The lowest BCUT2D eigenvalue weighted by Gasteiger charge is -2.34. The van der Waals surface area contributed by atoms with Crippen molar-refractivity contribution in [2.24, 2.45) is 11.8 Å². The molecule has 0 radical (unpaired) electrons. The SMILES string of the molecule is CCC1CCN(CC2CCOC2C)CC(C)CN1. The molecule has 0 saturated carbocycles. The molecule has 0 spiro atoms. The van der Waals surface area contributed by atoms with E-state index in [0.717, 1.165) is 18.4 Å². The van der Waals surface area contributed by atoms with Crippen LogP contribution in [0.1, 0.15) is 40.0 Å². The molecule has 0 aromatic rings. The Hall–Kier alpha value is -0.120. The molecule has 106 valence electrons. The predicted molar refractivity (Wildman–Crippen MR) is 75.8 cm³/mol. The fourth-order valence-corrected chi connectivity index (χ4v) is 3.27. The first kappa shape index (κ1) is 14.3. The van der Waals surface area contributed by atoms with E-state index in [0.29, 0.717) is 12.1 Å². The van der Waals surface area contributed by atoms with Crippen molar-refractivity contribution in [2.75, 3.05) is 32.8 Å². The molecule has 2 saturated heterocycles. The first-order valence-electron chi connectivity index (χ1n) is 7.76. The Labute approximate surface area is 112 Å². The number of hydrogen-bond donors (Lipinski definition) is 1. The summed E-state index contributed by atoms with van der Waals surface area (Å²) in [4.78, 5) is 2.68. The molecule has 18 heavy (non-hydrogen) atoms. The fourth-order valence-electron chi connectivity index (χ4n) is 3.27. The Balaban J connectivity index is 1.85. The average molecular weight is 254 g/mol. The summed E-state index contributed by atoms with van der Waals surface area (Å²) < 4.78 is 5.69. The van der Waals surface area contributed by atoms with Crippen molar-refractivity contribution in [3.63, 3.8) is 0 Å². The van der Waals surface area contributed by atoms with E-state index in [1.807, 2.05) is 0 Å². The molecule has 2 aliphatic rings. The van der Waals surface area contributed by atoms with Crippen LogP contribution in [0.5, 0.6) is 0 Å². The van der Waals surface area contributed by atoms with Crippen molar-refractivity contribution in [2.45, 2.75) is 52.2 Å². The second-order valence-electron chi connectivity index (χ2n) is 6.29. The summed E-state index contributed by atoms with van der Waals surface area (Å²) in [5, 5.41) is 3.69. The van der Waals surface area contributed by atoms with Crippen LogP contribution in [-0.4, -0.2) is 49.8 Å². The molecule has 2 rings (SSSR count). The molecule has 2 fully saturated rings. The first-order valence-corrected chi connectivity index (χ1v) is 7.76. The van der Waals surface area contributed by atoms with Crippen molar-refractivity contribution >= 4 is 0 Å². The quantitative estimate of drug-likeness (QED) is 0.835. The van der Waals surface area contributed by atoms with Crippen LogP contribution in [0.15, 0.2) is 0 Å². The smallest absolute Gasteiger partial charge is 0.0588 e. The highest BCUT2D eigenvalue weighted by Crippen LogP contribution is 2.22. The third-order valence-corrected chi connectivity index (χ3v) is 4.64. The van der Waals surface area contributed by atoms with Crippen LogP contribution in [0.4, 0.5) is 0 Å². The summed E-state index contributed by atoms with van der Waals surface area (Å²) in [6.45, 7) is 12.8. The van der Waals surface area contributed by atoms with Gasteiger partial charge in [-0.3, -0.25) is 0 Å². The number of nitrogens with one attached hydrogen (secondary N) is 1. The fraction of sp³-hybridized carbons (Fsp3) is 1.00. The minimum atomic E-state index is 0.464. The monoisotopic (exact) mass is 254 g/mol. The maximum absolute atomic E-state index is 5.69. The topological polar surface area (TPSA) is 24.5 Å². The number of hydrogen-bond acceptors (Lipinski definition) is 3. The summed E-state index contributed by atoms with van der Waals surface area (Å²) in [7, 11) is 0. The highest BCUT2D eigenvalue weighted by Gasteiger charge is 2.27. The Morgan fingerprint density at radius 1 is 1.28 bits per heavy atom. The molecule has 0 aromatic carbocycles. The van der Waals surface area contributed by atoms with E-state index < -0.39 is 0 Å². The molecule has 0 amide bonds. The lowest BCUT2D eigenvalue weighted by Crippen LogP contribution is -2.45.